The fourth-order valence-corrected chi connectivity index (χ4v) is 4.63. The van der Waals surface area contributed by atoms with E-state index in [4.69, 9.17) is 4.74 Å². The van der Waals surface area contributed by atoms with Gasteiger partial charge in [0, 0.05) is 31.6 Å². The number of aromatic hydroxyl groups is 1. The van der Waals surface area contributed by atoms with Crippen molar-refractivity contribution in [1.82, 2.24) is 10.2 Å². The van der Waals surface area contributed by atoms with E-state index in [9.17, 15) is 9.90 Å². The van der Waals surface area contributed by atoms with Gasteiger partial charge in [-0.05, 0) is 49.8 Å². The van der Waals surface area contributed by atoms with E-state index in [0.29, 0.717) is 38.1 Å². The third kappa shape index (κ3) is 3.28. The summed E-state index contributed by atoms with van der Waals surface area (Å²) in [4.78, 5) is 14.7. The van der Waals surface area contributed by atoms with E-state index in [-0.39, 0.29) is 17.3 Å². The first-order chi connectivity index (χ1) is 11.6. The van der Waals surface area contributed by atoms with E-state index >= 15 is 0 Å². The van der Waals surface area contributed by atoms with Crippen molar-refractivity contribution in [3.8, 4) is 5.75 Å². The zero-order chi connectivity index (χ0) is 16.6. The van der Waals surface area contributed by atoms with Gasteiger partial charge in [-0.25, -0.2) is 0 Å². The topological polar surface area (TPSA) is 61.8 Å². The summed E-state index contributed by atoms with van der Waals surface area (Å²) in [6.45, 7) is 2.08. The Kier molecular flexibility index (Phi) is 4.22. The van der Waals surface area contributed by atoms with Gasteiger partial charge in [0.25, 0.3) is 0 Å². The van der Waals surface area contributed by atoms with Gasteiger partial charge in [0.05, 0.1) is 12.2 Å². The molecule has 3 fully saturated rings. The van der Waals surface area contributed by atoms with Crippen molar-refractivity contribution in [1.29, 1.82) is 0 Å². The number of piperidine rings is 1. The standard InChI is InChI=1S/C19H26N2O3/c22-17-3-1-2-14(10-17)4-7-18(23)21-8-9-24-19(13-21)11-15-5-6-16(12-19)20-15/h1-3,10,15-16,20,22H,4-9,11-13H2/t15-,16+,19?. The van der Waals surface area contributed by atoms with E-state index in [1.54, 1.807) is 12.1 Å². The number of aryl methyl sites for hydroxylation is 1. The molecule has 3 aliphatic rings. The van der Waals surface area contributed by atoms with Gasteiger partial charge in [0.1, 0.15) is 5.75 Å². The summed E-state index contributed by atoms with van der Waals surface area (Å²) in [6.07, 6.45) is 5.69. The van der Waals surface area contributed by atoms with E-state index in [1.807, 2.05) is 17.0 Å². The number of ether oxygens (including phenoxy) is 1. The van der Waals surface area contributed by atoms with Crippen LogP contribution in [0.2, 0.25) is 0 Å². The number of fused-ring (bicyclic) bond motifs is 2. The van der Waals surface area contributed by atoms with Crippen molar-refractivity contribution in [3.63, 3.8) is 0 Å². The SMILES string of the molecule is O=C(CCc1cccc(O)c1)N1CCOC2(C[C@H]3CC[C@@H](C2)N3)C1. The number of hydrogen-bond acceptors (Lipinski definition) is 4. The molecule has 5 nitrogen and oxygen atoms in total. The number of carbonyl (C=O) groups is 1. The summed E-state index contributed by atoms with van der Waals surface area (Å²) in [6, 6.07) is 8.29. The quantitative estimate of drug-likeness (QED) is 0.888. The first kappa shape index (κ1) is 15.9. The minimum atomic E-state index is -0.129. The van der Waals surface area contributed by atoms with E-state index in [1.165, 1.54) is 12.8 Å². The number of morpholine rings is 1. The number of phenols is 1. The Morgan fingerprint density at radius 1 is 1.33 bits per heavy atom. The molecule has 3 saturated heterocycles. The highest BCUT2D eigenvalue weighted by Gasteiger charge is 2.47. The Balaban J connectivity index is 1.36. The van der Waals surface area contributed by atoms with Crippen LogP contribution >= 0.6 is 0 Å². The Labute approximate surface area is 143 Å². The molecule has 2 bridgehead atoms. The minimum Gasteiger partial charge on any atom is -0.508 e. The zero-order valence-corrected chi connectivity index (χ0v) is 14.0. The fourth-order valence-electron chi connectivity index (χ4n) is 4.63. The lowest BCUT2D eigenvalue weighted by molar-refractivity contribution is -0.158. The number of benzene rings is 1. The van der Waals surface area contributed by atoms with Crippen LogP contribution < -0.4 is 5.32 Å². The smallest absolute Gasteiger partial charge is 0.223 e. The largest absolute Gasteiger partial charge is 0.508 e. The maximum absolute atomic E-state index is 12.7. The second-order valence-electron chi connectivity index (χ2n) is 7.56. The van der Waals surface area contributed by atoms with Gasteiger partial charge in [0.15, 0.2) is 0 Å². The van der Waals surface area contributed by atoms with Crippen LogP contribution in [0.4, 0.5) is 0 Å². The molecule has 0 saturated carbocycles. The molecule has 0 radical (unpaired) electrons. The average molecular weight is 330 g/mol. The van der Waals surface area contributed by atoms with Gasteiger partial charge in [-0.2, -0.15) is 0 Å². The van der Waals surface area contributed by atoms with Crippen LogP contribution in [0.15, 0.2) is 24.3 Å². The van der Waals surface area contributed by atoms with Crippen LogP contribution in [0.25, 0.3) is 0 Å². The average Bonchev–Trinajstić information content (AvgIpc) is 2.92. The van der Waals surface area contributed by atoms with Crippen LogP contribution in [0.1, 0.15) is 37.7 Å². The number of amides is 1. The van der Waals surface area contributed by atoms with Crippen LogP contribution in [-0.2, 0) is 16.0 Å². The van der Waals surface area contributed by atoms with E-state index < -0.39 is 0 Å². The molecular weight excluding hydrogens is 304 g/mol. The van der Waals surface area contributed by atoms with Gasteiger partial charge < -0.3 is 20.1 Å². The Hall–Kier alpha value is -1.59. The maximum atomic E-state index is 12.7. The monoisotopic (exact) mass is 330 g/mol. The molecule has 24 heavy (non-hydrogen) atoms. The lowest BCUT2D eigenvalue weighted by Crippen LogP contribution is -2.60. The number of nitrogens with zero attached hydrogens (tertiary/aromatic N) is 1. The van der Waals surface area contributed by atoms with Crippen LogP contribution in [0, 0.1) is 0 Å². The highest BCUT2D eigenvalue weighted by Crippen LogP contribution is 2.38. The lowest BCUT2D eigenvalue weighted by Gasteiger charge is -2.47. The summed E-state index contributed by atoms with van der Waals surface area (Å²) in [5.74, 6) is 0.461. The van der Waals surface area contributed by atoms with Crippen molar-refractivity contribution < 1.29 is 14.6 Å². The summed E-state index contributed by atoms with van der Waals surface area (Å²) in [5.41, 5.74) is 0.877. The molecule has 1 spiro atoms. The van der Waals surface area contributed by atoms with Crippen LogP contribution in [0.3, 0.4) is 0 Å². The van der Waals surface area contributed by atoms with Crippen molar-refractivity contribution in [2.45, 2.75) is 56.2 Å². The number of phenolic OH excluding ortho intramolecular Hbond substituents is 1. The Morgan fingerprint density at radius 3 is 2.88 bits per heavy atom. The van der Waals surface area contributed by atoms with Crippen LogP contribution in [-0.4, -0.2) is 53.3 Å². The predicted molar refractivity (Wildman–Crippen MR) is 90.9 cm³/mol. The van der Waals surface area contributed by atoms with Crippen molar-refractivity contribution in [2.75, 3.05) is 19.7 Å². The molecule has 2 N–H and O–H groups in total. The first-order valence-electron chi connectivity index (χ1n) is 9.08. The molecule has 1 amide bonds. The molecule has 1 aromatic carbocycles. The van der Waals surface area contributed by atoms with Crippen molar-refractivity contribution >= 4 is 5.91 Å². The first-order valence-corrected chi connectivity index (χ1v) is 9.08. The molecule has 4 rings (SSSR count). The number of rotatable bonds is 3. The van der Waals surface area contributed by atoms with E-state index in [0.717, 1.165) is 24.9 Å². The van der Waals surface area contributed by atoms with Gasteiger partial charge in [-0.1, -0.05) is 12.1 Å². The molecule has 1 unspecified atom stereocenters. The van der Waals surface area contributed by atoms with Gasteiger partial charge >= 0.3 is 0 Å². The van der Waals surface area contributed by atoms with Gasteiger partial charge in [-0.15, -0.1) is 0 Å². The second kappa shape index (κ2) is 6.37. The third-order valence-corrected chi connectivity index (χ3v) is 5.71. The zero-order valence-electron chi connectivity index (χ0n) is 14.0. The molecular formula is C19H26N2O3. The fraction of sp³-hybridized carbons (Fsp3) is 0.632. The summed E-state index contributed by atoms with van der Waals surface area (Å²) in [5, 5.41) is 13.2. The summed E-state index contributed by atoms with van der Waals surface area (Å²) in [7, 11) is 0. The van der Waals surface area contributed by atoms with Crippen molar-refractivity contribution in [3.05, 3.63) is 29.8 Å². The molecule has 0 aliphatic carbocycles. The normalized spacial score (nSPS) is 32.2. The molecule has 130 valence electrons. The van der Waals surface area contributed by atoms with Crippen molar-refractivity contribution in [2.24, 2.45) is 0 Å². The highest BCUT2D eigenvalue weighted by atomic mass is 16.5. The van der Waals surface area contributed by atoms with Crippen LogP contribution in [0.5, 0.6) is 5.75 Å². The molecule has 0 aromatic heterocycles. The summed E-state index contributed by atoms with van der Waals surface area (Å²) >= 11 is 0. The molecule has 3 atom stereocenters. The highest BCUT2D eigenvalue weighted by molar-refractivity contribution is 5.76. The van der Waals surface area contributed by atoms with Gasteiger partial charge in [-0.3, -0.25) is 4.79 Å². The summed E-state index contributed by atoms with van der Waals surface area (Å²) < 4.78 is 6.18. The molecule has 3 heterocycles. The Bertz CT molecular complexity index is 606. The van der Waals surface area contributed by atoms with E-state index in [2.05, 4.69) is 5.32 Å². The number of carbonyl (C=O) groups excluding carboxylic acids is 1. The maximum Gasteiger partial charge on any atom is 0.223 e. The molecule has 5 heteroatoms. The second-order valence-corrected chi connectivity index (χ2v) is 7.56. The molecule has 1 aromatic rings. The molecule has 3 aliphatic heterocycles. The predicted octanol–water partition coefficient (Wildman–Crippen LogP) is 1.84. The Morgan fingerprint density at radius 2 is 2.12 bits per heavy atom. The number of nitrogens with one attached hydrogen (secondary N) is 1. The third-order valence-electron chi connectivity index (χ3n) is 5.71. The lowest BCUT2D eigenvalue weighted by atomic mass is 9.85. The van der Waals surface area contributed by atoms with Gasteiger partial charge in [0.2, 0.25) is 5.91 Å². The number of hydrogen-bond donors (Lipinski definition) is 2. The minimum absolute atomic E-state index is 0.129.